The van der Waals surface area contributed by atoms with Crippen molar-refractivity contribution in [2.45, 2.75) is 46.1 Å². The van der Waals surface area contributed by atoms with Crippen LogP contribution in [0, 0.1) is 22.7 Å². The van der Waals surface area contributed by atoms with E-state index in [1.165, 1.54) is 18.7 Å². The Morgan fingerprint density at radius 3 is 2.75 bits per heavy atom. The molecule has 0 spiro atoms. The third kappa shape index (κ3) is 1.70. The van der Waals surface area contributed by atoms with Crippen molar-refractivity contribution in [3.8, 4) is 0 Å². The summed E-state index contributed by atoms with van der Waals surface area (Å²) in [4.78, 5) is 15.8. The molecule has 3 nitrogen and oxygen atoms in total. The molecule has 4 heteroatoms. The van der Waals surface area contributed by atoms with Gasteiger partial charge in [-0.25, -0.2) is 4.98 Å². The highest BCUT2D eigenvalue weighted by Crippen LogP contribution is 2.65. The van der Waals surface area contributed by atoms with Crippen LogP contribution in [0.25, 0.3) is 0 Å². The van der Waals surface area contributed by atoms with Gasteiger partial charge >= 0.3 is 0 Å². The number of hydrogen-bond donors (Lipinski definition) is 1. The average molecular weight is 276 g/mol. The monoisotopic (exact) mass is 276 g/mol. The fraction of sp³-hybridized carbons (Fsp3) is 0.625. The molecule has 3 rings (SSSR count). The number of halogens is 1. The van der Waals surface area contributed by atoms with Gasteiger partial charge in [-0.1, -0.05) is 20.8 Å². The molecule has 2 aliphatic carbocycles. The third-order valence-electron chi connectivity index (χ3n) is 6.10. The molecule has 0 aromatic carbocycles. The second kappa shape index (κ2) is 4.27. The molecule has 108 valence electrons. The minimum Gasteiger partial charge on any atom is -0.349 e. The van der Waals surface area contributed by atoms with E-state index < -0.39 is 5.95 Å². The first-order chi connectivity index (χ1) is 9.36. The molecule has 0 saturated heterocycles. The lowest BCUT2D eigenvalue weighted by molar-refractivity contribution is 0.0821. The van der Waals surface area contributed by atoms with Crippen LogP contribution in [0.2, 0.25) is 0 Å². The lowest BCUT2D eigenvalue weighted by Crippen LogP contribution is -2.47. The van der Waals surface area contributed by atoms with Crippen molar-refractivity contribution in [3.63, 3.8) is 0 Å². The molecule has 2 aliphatic rings. The summed E-state index contributed by atoms with van der Waals surface area (Å²) in [5.41, 5.74) is 0.376. The molecule has 1 aromatic heterocycles. The van der Waals surface area contributed by atoms with Crippen molar-refractivity contribution >= 4 is 5.91 Å². The number of amides is 1. The van der Waals surface area contributed by atoms with Crippen molar-refractivity contribution in [1.82, 2.24) is 10.3 Å². The van der Waals surface area contributed by atoms with Gasteiger partial charge in [0.05, 0.1) is 5.56 Å². The number of fused-ring (bicyclic) bond motifs is 2. The van der Waals surface area contributed by atoms with Crippen LogP contribution in [-0.4, -0.2) is 16.9 Å². The summed E-state index contributed by atoms with van der Waals surface area (Å²) in [5, 5.41) is 3.04. The second-order valence-electron chi connectivity index (χ2n) is 6.98. The number of carbonyl (C=O) groups is 1. The molecule has 1 amide bonds. The topological polar surface area (TPSA) is 42.0 Å². The molecule has 1 aromatic rings. The van der Waals surface area contributed by atoms with Gasteiger partial charge in [0.1, 0.15) is 0 Å². The Hall–Kier alpha value is -1.45. The zero-order valence-corrected chi connectivity index (χ0v) is 12.2. The molecule has 3 atom stereocenters. The predicted molar refractivity (Wildman–Crippen MR) is 74.7 cm³/mol. The predicted octanol–water partition coefficient (Wildman–Crippen LogP) is 3.17. The second-order valence-corrected chi connectivity index (χ2v) is 6.98. The molecule has 2 saturated carbocycles. The molecule has 3 unspecified atom stereocenters. The first-order valence-corrected chi connectivity index (χ1v) is 7.27. The van der Waals surface area contributed by atoms with E-state index in [1.54, 1.807) is 6.07 Å². The SMILES string of the molecule is CC1(C)C2CCC1(C)C(NC(=O)c1cccnc1F)C2. The van der Waals surface area contributed by atoms with Gasteiger partial charge < -0.3 is 5.32 Å². The zero-order chi connectivity index (χ0) is 14.5. The first-order valence-electron chi connectivity index (χ1n) is 7.27. The maximum Gasteiger partial charge on any atom is 0.256 e. The summed E-state index contributed by atoms with van der Waals surface area (Å²) in [5.74, 6) is -0.390. The van der Waals surface area contributed by atoms with Gasteiger partial charge in [-0.3, -0.25) is 4.79 Å². The zero-order valence-electron chi connectivity index (χ0n) is 12.2. The summed E-state index contributed by atoms with van der Waals surface area (Å²) < 4.78 is 13.6. The molecule has 2 fully saturated rings. The lowest BCUT2D eigenvalue weighted by Gasteiger charge is -2.39. The number of carbonyl (C=O) groups excluding carboxylic acids is 1. The highest BCUT2D eigenvalue weighted by atomic mass is 19.1. The molecule has 1 N–H and O–H groups in total. The van der Waals surface area contributed by atoms with E-state index in [-0.39, 0.29) is 28.3 Å². The van der Waals surface area contributed by atoms with Crippen molar-refractivity contribution in [2.75, 3.05) is 0 Å². The van der Waals surface area contributed by atoms with E-state index in [4.69, 9.17) is 0 Å². The smallest absolute Gasteiger partial charge is 0.256 e. The molecule has 1 heterocycles. The number of rotatable bonds is 2. The Labute approximate surface area is 119 Å². The normalized spacial score (nSPS) is 34.2. The third-order valence-corrected chi connectivity index (χ3v) is 6.10. The Morgan fingerprint density at radius 1 is 1.45 bits per heavy atom. The van der Waals surface area contributed by atoms with Crippen molar-refractivity contribution < 1.29 is 9.18 Å². The van der Waals surface area contributed by atoms with Crippen LogP contribution in [0.1, 0.15) is 50.4 Å². The van der Waals surface area contributed by atoms with Gasteiger partial charge in [0.25, 0.3) is 5.91 Å². The quantitative estimate of drug-likeness (QED) is 0.843. The van der Waals surface area contributed by atoms with Crippen LogP contribution in [0.3, 0.4) is 0 Å². The number of nitrogens with one attached hydrogen (secondary N) is 1. The Bertz CT molecular complexity index is 557. The number of hydrogen-bond acceptors (Lipinski definition) is 2. The molecule has 0 radical (unpaired) electrons. The van der Waals surface area contributed by atoms with Gasteiger partial charge in [0, 0.05) is 12.2 Å². The van der Waals surface area contributed by atoms with E-state index in [2.05, 4.69) is 31.1 Å². The molecule has 0 aliphatic heterocycles. The maximum absolute atomic E-state index is 13.6. The van der Waals surface area contributed by atoms with Gasteiger partial charge in [0.15, 0.2) is 0 Å². The van der Waals surface area contributed by atoms with Crippen LogP contribution >= 0.6 is 0 Å². The average Bonchev–Trinajstić information content (AvgIpc) is 2.72. The summed E-state index contributed by atoms with van der Waals surface area (Å²) in [6, 6.07) is 3.20. The van der Waals surface area contributed by atoms with Crippen LogP contribution in [-0.2, 0) is 0 Å². The van der Waals surface area contributed by atoms with Crippen molar-refractivity contribution in [1.29, 1.82) is 0 Å². The van der Waals surface area contributed by atoms with Crippen LogP contribution in [0.4, 0.5) is 4.39 Å². The van der Waals surface area contributed by atoms with Gasteiger partial charge in [-0.15, -0.1) is 0 Å². The van der Waals surface area contributed by atoms with E-state index in [0.29, 0.717) is 5.92 Å². The minimum atomic E-state index is -0.697. The number of aromatic nitrogens is 1. The van der Waals surface area contributed by atoms with Crippen molar-refractivity contribution in [3.05, 3.63) is 29.8 Å². The maximum atomic E-state index is 13.6. The fourth-order valence-electron chi connectivity index (χ4n) is 4.21. The lowest BCUT2D eigenvalue weighted by atomic mass is 9.69. The summed E-state index contributed by atoms with van der Waals surface area (Å²) in [6.07, 6.45) is 4.72. The van der Waals surface area contributed by atoms with Gasteiger partial charge in [-0.2, -0.15) is 4.39 Å². The van der Waals surface area contributed by atoms with Crippen LogP contribution in [0.15, 0.2) is 18.3 Å². The standard InChI is InChI=1S/C16H21FN2O/c1-15(2)10-6-7-16(15,3)12(9-10)19-14(20)11-5-4-8-18-13(11)17/h4-5,8,10,12H,6-7,9H2,1-3H3,(H,19,20). The van der Waals surface area contributed by atoms with Crippen LogP contribution < -0.4 is 5.32 Å². The number of nitrogens with zero attached hydrogens (tertiary/aromatic N) is 1. The minimum absolute atomic E-state index is 0.0386. The van der Waals surface area contributed by atoms with E-state index in [9.17, 15) is 9.18 Å². The highest BCUT2D eigenvalue weighted by Gasteiger charge is 2.61. The Balaban J connectivity index is 1.81. The molecule has 20 heavy (non-hydrogen) atoms. The summed E-state index contributed by atoms with van der Waals surface area (Å²) >= 11 is 0. The van der Waals surface area contributed by atoms with E-state index in [1.807, 2.05) is 0 Å². The molecule has 2 bridgehead atoms. The van der Waals surface area contributed by atoms with E-state index >= 15 is 0 Å². The van der Waals surface area contributed by atoms with Crippen molar-refractivity contribution in [2.24, 2.45) is 16.7 Å². The van der Waals surface area contributed by atoms with E-state index in [0.717, 1.165) is 12.8 Å². The summed E-state index contributed by atoms with van der Waals surface area (Å²) in [6.45, 7) is 6.84. The highest BCUT2D eigenvalue weighted by molar-refractivity contribution is 5.94. The van der Waals surface area contributed by atoms with Gasteiger partial charge in [0.2, 0.25) is 5.95 Å². The fourth-order valence-corrected chi connectivity index (χ4v) is 4.21. The first kappa shape index (κ1) is 13.5. The Morgan fingerprint density at radius 2 is 2.20 bits per heavy atom. The van der Waals surface area contributed by atoms with Crippen LogP contribution in [0.5, 0.6) is 0 Å². The van der Waals surface area contributed by atoms with Gasteiger partial charge in [-0.05, 0) is 48.1 Å². The number of pyridine rings is 1. The largest absolute Gasteiger partial charge is 0.349 e. The Kier molecular flexibility index (Phi) is 2.89. The molecular weight excluding hydrogens is 255 g/mol. The molecular formula is C16H21FN2O. The summed E-state index contributed by atoms with van der Waals surface area (Å²) in [7, 11) is 0.